The molecule has 0 unspecified atom stereocenters. The van der Waals surface area contributed by atoms with E-state index < -0.39 is 15.6 Å². The molecule has 0 bridgehead atoms. The van der Waals surface area contributed by atoms with Crippen LogP contribution in [0.15, 0.2) is 53.4 Å². The second-order valence-corrected chi connectivity index (χ2v) is 9.72. The van der Waals surface area contributed by atoms with Crippen LogP contribution in [0.3, 0.4) is 0 Å². The summed E-state index contributed by atoms with van der Waals surface area (Å²) in [7, 11) is -1.50. The third-order valence-corrected chi connectivity index (χ3v) is 7.47. The lowest BCUT2D eigenvalue weighted by Crippen LogP contribution is -2.53. The molecule has 1 fully saturated rings. The molecule has 0 N–H and O–H groups in total. The van der Waals surface area contributed by atoms with Crippen LogP contribution in [0.1, 0.15) is 24.0 Å². The maximum Gasteiger partial charge on any atom is 0.243 e. The van der Waals surface area contributed by atoms with Gasteiger partial charge in [-0.05, 0) is 32.2 Å². The van der Waals surface area contributed by atoms with Crippen LogP contribution in [-0.4, -0.2) is 49.9 Å². The fraction of sp³-hybridized carbons (Fsp3) is 0.429. The number of ether oxygens (including phenoxy) is 1. The van der Waals surface area contributed by atoms with Crippen molar-refractivity contribution in [1.82, 2.24) is 9.21 Å². The van der Waals surface area contributed by atoms with E-state index in [0.717, 1.165) is 42.8 Å². The van der Waals surface area contributed by atoms with Gasteiger partial charge in [0.15, 0.2) is 0 Å². The number of likely N-dealkylation sites (tertiary alicyclic amines) is 1. The smallest absolute Gasteiger partial charge is 0.243 e. The van der Waals surface area contributed by atoms with Crippen molar-refractivity contribution in [2.24, 2.45) is 0 Å². The summed E-state index contributed by atoms with van der Waals surface area (Å²) in [5.74, 6) is 0.809. The molecule has 5 nitrogen and oxygen atoms in total. The Morgan fingerprint density at radius 1 is 1.00 bits per heavy atom. The fourth-order valence-electron chi connectivity index (χ4n) is 3.88. The van der Waals surface area contributed by atoms with E-state index >= 15 is 0 Å². The van der Waals surface area contributed by atoms with Crippen LogP contribution in [0, 0.1) is 6.92 Å². The number of nitrogens with zero attached hydrogens (tertiary/aromatic N) is 2. The Balaban J connectivity index is 1.74. The van der Waals surface area contributed by atoms with Gasteiger partial charge in [0.05, 0.1) is 11.4 Å². The maximum absolute atomic E-state index is 13.4. The van der Waals surface area contributed by atoms with Gasteiger partial charge in [0, 0.05) is 38.0 Å². The Kier molecular flexibility index (Phi) is 4.74. The molecule has 144 valence electrons. The van der Waals surface area contributed by atoms with Crippen molar-refractivity contribution in [3.63, 3.8) is 0 Å². The molecule has 4 rings (SSSR count). The lowest BCUT2D eigenvalue weighted by molar-refractivity contribution is 0.000464. The molecule has 0 aliphatic carbocycles. The van der Waals surface area contributed by atoms with Gasteiger partial charge in [0.1, 0.15) is 11.4 Å². The molecular weight excluding hydrogens is 360 g/mol. The second-order valence-electron chi connectivity index (χ2n) is 7.78. The highest BCUT2D eigenvalue weighted by molar-refractivity contribution is 7.89. The summed E-state index contributed by atoms with van der Waals surface area (Å²) in [4.78, 5) is 2.61. The molecule has 2 aliphatic heterocycles. The van der Waals surface area contributed by atoms with Gasteiger partial charge in [-0.15, -0.1) is 0 Å². The van der Waals surface area contributed by atoms with Gasteiger partial charge in [-0.25, -0.2) is 8.42 Å². The molecule has 2 heterocycles. The zero-order valence-electron chi connectivity index (χ0n) is 15.9. The topological polar surface area (TPSA) is 49.9 Å². The summed E-state index contributed by atoms with van der Waals surface area (Å²) in [5.41, 5.74) is 1.49. The number of hydrogen-bond donors (Lipinski definition) is 0. The van der Waals surface area contributed by atoms with Crippen molar-refractivity contribution >= 4 is 10.0 Å². The standard InChI is InChI=1S/C21H26N2O3S/c1-17-7-9-19(10-8-17)27(24,25)23-15-18-5-3-4-6-20(18)26-21(16-23)11-13-22(2)14-12-21/h3-10H,11-16H2,1-2H3. The summed E-state index contributed by atoms with van der Waals surface area (Å²) in [6.07, 6.45) is 1.63. The van der Waals surface area contributed by atoms with E-state index in [4.69, 9.17) is 4.74 Å². The van der Waals surface area contributed by atoms with Gasteiger partial charge in [0.25, 0.3) is 0 Å². The Morgan fingerprint density at radius 3 is 2.37 bits per heavy atom. The van der Waals surface area contributed by atoms with Crippen molar-refractivity contribution in [3.05, 3.63) is 59.7 Å². The number of benzene rings is 2. The van der Waals surface area contributed by atoms with Gasteiger partial charge >= 0.3 is 0 Å². The van der Waals surface area contributed by atoms with Gasteiger partial charge in [-0.3, -0.25) is 0 Å². The lowest BCUT2D eigenvalue weighted by atomic mass is 9.91. The zero-order valence-corrected chi connectivity index (χ0v) is 16.7. The molecule has 0 aromatic heterocycles. The van der Waals surface area contributed by atoms with E-state index in [1.165, 1.54) is 0 Å². The van der Waals surface area contributed by atoms with E-state index in [0.29, 0.717) is 18.0 Å². The van der Waals surface area contributed by atoms with Crippen LogP contribution in [0.25, 0.3) is 0 Å². The molecule has 0 radical (unpaired) electrons. The second kappa shape index (κ2) is 6.93. The number of para-hydroxylation sites is 1. The van der Waals surface area contributed by atoms with E-state index in [-0.39, 0.29) is 0 Å². The number of fused-ring (bicyclic) bond motifs is 1. The Hall–Kier alpha value is -1.89. The molecule has 0 atom stereocenters. The quantitative estimate of drug-likeness (QED) is 0.796. The summed E-state index contributed by atoms with van der Waals surface area (Å²) in [6, 6.07) is 14.9. The van der Waals surface area contributed by atoms with Crippen LogP contribution in [0.4, 0.5) is 0 Å². The summed E-state index contributed by atoms with van der Waals surface area (Å²) >= 11 is 0. The van der Waals surface area contributed by atoms with Crippen molar-refractivity contribution in [2.75, 3.05) is 26.7 Å². The number of hydrogen-bond acceptors (Lipinski definition) is 4. The molecule has 2 aromatic rings. The number of sulfonamides is 1. The SMILES string of the molecule is Cc1ccc(S(=O)(=O)N2Cc3ccccc3OC3(CCN(C)CC3)C2)cc1. The van der Waals surface area contributed by atoms with Crippen LogP contribution in [0.5, 0.6) is 5.75 Å². The number of piperidine rings is 1. The van der Waals surface area contributed by atoms with Crippen LogP contribution >= 0.6 is 0 Å². The minimum atomic E-state index is -3.59. The highest BCUT2D eigenvalue weighted by Crippen LogP contribution is 2.37. The zero-order chi connectivity index (χ0) is 19.1. The van der Waals surface area contributed by atoms with Crippen LogP contribution in [0.2, 0.25) is 0 Å². The number of rotatable bonds is 2. The third-order valence-electron chi connectivity index (χ3n) is 5.67. The predicted octanol–water partition coefficient (Wildman–Crippen LogP) is 3.04. The molecule has 6 heteroatoms. The third kappa shape index (κ3) is 3.61. The molecule has 1 spiro atoms. The minimum absolute atomic E-state index is 0.337. The molecule has 2 aromatic carbocycles. The average molecular weight is 387 g/mol. The highest BCUT2D eigenvalue weighted by Gasteiger charge is 2.43. The Labute approximate surface area is 161 Å². The van der Waals surface area contributed by atoms with E-state index in [1.807, 2.05) is 43.3 Å². The van der Waals surface area contributed by atoms with E-state index in [1.54, 1.807) is 16.4 Å². The Morgan fingerprint density at radius 2 is 1.67 bits per heavy atom. The maximum atomic E-state index is 13.4. The highest BCUT2D eigenvalue weighted by atomic mass is 32.2. The largest absolute Gasteiger partial charge is 0.485 e. The molecule has 27 heavy (non-hydrogen) atoms. The summed E-state index contributed by atoms with van der Waals surface area (Å²) in [5, 5.41) is 0. The summed E-state index contributed by atoms with van der Waals surface area (Å²) in [6.45, 7) is 4.48. The van der Waals surface area contributed by atoms with Crippen molar-refractivity contribution in [3.8, 4) is 5.75 Å². The lowest BCUT2D eigenvalue weighted by Gasteiger charge is -2.41. The molecule has 0 amide bonds. The first-order valence-electron chi connectivity index (χ1n) is 9.40. The fourth-order valence-corrected chi connectivity index (χ4v) is 5.37. The first kappa shape index (κ1) is 18.5. The summed E-state index contributed by atoms with van der Waals surface area (Å²) < 4.78 is 34.9. The van der Waals surface area contributed by atoms with Gasteiger partial charge in [-0.1, -0.05) is 35.9 Å². The van der Waals surface area contributed by atoms with Gasteiger partial charge in [0.2, 0.25) is 10.0 Å². The van der Waals surface area contributed by atoms with Crippen molar-refractivity contribution in [1.29, 1.82) is 0 Å². The van der Waals surface area contributed by atoms with Gasteiger partial charge in [-0.2, -0.15) is 4.31 Å². The van der Waals surface area contributed by atoms with Crippen molar-refractivity contribution < 1.29 is 13.2 Å². The molecule has 1 saturated heterocycles. The molecule has 0 saturated carbocycles. The first-order chi connectivity index (χ1) is 12.9. The number of aryl methyl sites for hydroxylation is 1. The minimum Gasteiger partial charge on any atom is -0.485 e. The van der Waals surface area contributed by atoms with Crippen molar-refractivity contribution in [2.45, 2.75) is 36.8 Å². The van der Waals surface area contributed by atoms with Gasteiger partial charge < -0.3 is 9.64 Å². The predicted molar refractivity (Wildman–Crippen MR) is 105 cm³/mol. The Bertz CT molecular complexity index is 917. The van der Waals surface area contributed by atoms with Crippen LogP contribution in [-0.2, 0) is 16.6 Å². The first-order valence-corrected chi connectivity index (χ1v) is 10.8. The molecule has 2 aliphatic rings. The normalized spacial score (nSPS) is 20.7. The average Bonchev–Trinajstić information content (AvgIpc) is 2.82. The molecular formula is C21H26N2O3S. The van der Waals surface area contributed by atoms with Crippen LogP contribution < -0.4 is 4.74 Å². The monoisotopic (exact) mass is 386 g/mol. The van der Waals surface area contributed by atoms with E-state index in [9.17, 15) is 8.42 Å². The van der Waals surface area contributed by atoms with E-state index in [2.05, 4.69) is 11.9 Å².